The number of hydrogen-bond acceptors (Lipinski definition) is 6. The van der Waals surface area contributed by atoms with E-state index in [-0.39, 0.29) is 29.3 Å². The number of pyridine rings is 2. The Balaban J connectivity index is 1.56. The van der Waals surface area contributed by atoms with Crippen LogP contribution in [0.2, 0.25) is 0 Å². The molecule has 8 nitrogen and oxygen atoms in total. The molecule has 4 rings (SSSR count). The van der Waals surface area contributed by atoms with E-state index in [4.69, 9.17) is 16.0 Å². The molecular formula is C24H23F3N4O4. The van der Waals surface area contributed by atoms with E-state index in [1.165, 1.54) is 34.9 Å². The molecular weight excluding hydrogens is 465 g/mol. The van der Waals surface area contributed by atoms with Crippen LogP contribution < -0.4 is 19.9 Å². The molecule has 35 heavy (non-hydrogen) atoms. The van der Waals surface area contributed by atoms with Crippen LogP contribution >= 0.6 is 0 Å². The number of hydrogen-bond donors (Lipinski definition) is 0. The zero-order chi connectivity index (χ0) is 25.2. The molecule has 3 heterocycles. The van der Waals surface area contributed by atoms with Gasteiger partial charge in [0.25, 0.3) is 11.4 Å². The van der Waals surface area contributed by atoms with Crippen molar-refractivity contribution in [2.45, 2.75) is 31.9 Å². The fourth-order valence-corrected chi connectivity index (χ4v) is 4.12. The van der Waals surface area contributed by atoms with Gasteiger partial charge in [-0.2, -0.15) is 0 Å². The maximum Gasteiger partial charge on any atom is 0.573 e. The lowest BCUT2D eigenvalue weighted by Gasteiger charge is -2.39. The summed E-state index contributed by atoms with van der Waals surface area (Å²) in [6.45, 7) is 10.5. The van der Waals surface area contributed by atoms with E-state index < -0.39 is 6.36 Å². The molecule has 1 aromatic carbocycles. The summed E-state index contributed by atoms with van der Waals surface area (Å²) in [6, 6.07) is 10.0. The van der Waals surface area contributed by atoms with E-state index in [0.717, 1.165) is 0 Å². The highest BCUT2D eigenvalue weighted by Crippen LogP contribution is 2.31. The van der Waals surface area contributed by atoms with E-state index in [9.17, 15) is 18.0 Å². The summed E-state index contributed by atoms with van der Waals surface area (Å²) >= 11 is 0. The Morgan fingerprint density at radius 2 is 1.86 bits per heavy atom. The first kappa shape index (κ1) is 24.3. The van der Waals surface area contributed by atoms with Crippen LogP contribution in [0.15, 0.2) is 47.3 Å². The minimum atomic E-state index is -4.76. The summed E-state index contributed by atoms with van der Waals surface area (Å²) in [7, 11) is 1.65. The highest BCUT2D eigenvalue weighted by atomic mass is 19.4. The van der Waals surface area contributed by atoms with Crippen LogP contribution in [0.4, 0.5) is 24.7 Å². The normalized spacial score (nSPS) is 18.3. The van der Waals surface area contributed by atoms with Crippen molar-refractivity contribution < 1.29 is 27.4 Å². The van der Waals surface area contributed by atoms with Crippen molar-refractivity contribution in [3.05, 3.63) is 64.2 Å². The topological polar surface area (TPSA) is 70.2 Å². The molecule has 184 valence electrons. The van der Waals surface area contributed by atoms with Gasteiger partial charge in [-0.25, -0.2) is 0 Å². The van der Waals surface area contributed by atoms with Gasteiger partial charge in [0.2, 0.25) is 5.52 Å². The standard InChI is InChI=1S/C24H23F3N4O4/c1-4-33-20-14-31(18-13-22(32)30(3)17-9-10-21(28-2)29-23(17)18)12-11-19(20)34-15-5-7-16(8-6-15)35-24(25,26)27/h5-10,13,19-20H,4,11-12,14H2,1,3H3/t19-,20-/m0/s1. The Morgan fingerprint density at radius 1 is 1.14 bits per heavy atom. The van der Waals surface area contributed by atoms with Gasteiger partial charge in [-0.05, 0) is 43.3 Å². The number of anilines is 1. The fourth-order valence-electron chi connectivity index (χ4n) is 4.12. The average molecular weight is 488 g/mol. The van der Waals surface area contributed by atoms with Gasteiger partial charge in [-0.15, -0.1) is 18.2 Å². The predicted octanol–water partition coefficient (Wildman–Crippen LogP) is 4.45. The van der Waals surface area contributed by atoms with Crippen LogP contribution in [0.25, 0.3) is 15.9 Å². The Morgan fingerprint density at radius 3 is 2.51 bits per heavy atom. The van der Waals surface area contributed by atoms with Crippen molar-refractivity contribution in [3.63, 3.8) is 0 Å². The van der Waals surface area contributed by atoms with Crippen molar-refractivity contribution >= 4 is 22.5 Å². The maximum atomic E-state index is 12.6. The van der Waals surface area contributed by atoms with Gasteiger partial charge in [-0.1, -0.05) is 6.57 Å². The number of piperidine rings is 1. The van der Waals surface area contributed by atoms with Gasteiger partial charge >= 0.3 is 6.36 Å². The molecule has 1 saturated heterocycles. The molecule has 2 atom stereocenters. The summed E-state index contributed by atoms with van der Waals surface area (Å²) in [5.74, 6) is 0.296. The Bertz CT molecular complexity index is 1300. The SMILES string of the molecule is [C-]#[N+]c1ccc2c(n1)c(N1CC[C@H](Oc3ccc(OC(F)(F)F)cc3)[C@@H](OCC)C1)cc(=O)n2C. The number of ether oxygens (including phenoxy) is 3. The number of fused-ring (bicyclic) bond motifs is 1. The monoisotopic (exact) mass is 488 g/mol. The minimum absolute atomic E-state index is 0.197. The van der Waals surface area contributed by atoms with Crippen molar-refractivity contribution in [3.8, 4) is 11.5 Å². The van der Waals surface area contributed by atoms with Gasteiger partial charge in [0, 0.05) is 39.2 Å². The summed E-state index contributed by atoms with van der Waals surface area (Å²) in [5.41, 5.74) is 1.59. The van der Waals surface area contributed by atoms with Crippen molar-refractivity contribution in [2.24, 2.45) is 7.05 Å². The molecule has 0 saturated carbocycles. The number of alkyl halides is 3. The smallest absolute Gasteiger partial charge is 0.488 e. The summed E-state index contributed by atoms with van der Waals surface area (Å²) < 4.78 is 54.6. The first-order chi connectivity index (χ1) is 16.7. The highest BCUT2D eigenvalue weighted by molar-refractivity contribution is 5.89. The molecule has 0 aliphatic carbocycles. The lowest BCUT2D eigenvalue weighted by Crippen LogP contribution is -2.50. The van der Waals surface area contributed by atoms with Gasteiger partial charge in [0.15, 0.2) is 0 Å². The second-order valence-electron chi connectivity index (χ2n) is 7.98. The Hall–Kier alpha value is -3.78. The number of aryl methyl sites for hydroxylation is 1. The minimum Gasteiger partial charge on any atom is -0.488 e. The third kappa shape index (κ3) is 5.49. The fraction of sp³-hybridized carbons (Fsp3) is 0.375. The molecule has 0 spiro atoms. The predicted molar refractivity (Wildman–Crippen MR) is 123 cm³/mol. The van der Waals surface area contributed by atoms with Gasteiger partial charge in [0.1, 0.15) is 23.7 Å². The average Bonchev–Trinajstić information content (AvgIpc) is 2.82. The van der Waals surface area contributed by atoms with Gasteiger partial charge in [-0.3, -0.25) is 4.79 Å². The summed E-state index contributed by atoms with van der Waals surface area (Å²) in [4.78, 5) is 22.4. The van der Waals surface area contributed by atoms with E-state index in [2.05, 4.69) is 14.6 Å². The largest absolute Gasteiger partial charge is 0.573 e. The lowest BCUT2D eigenvalue weighted by molar-refractivity contribution is -0.274. The van der Waals surface area contributed by atoms with Gasteiger partial charge < -0.3 is 28.5 Å². The summed E-state index contributed by atoms with van der Waals surface area (Å²) in [6.07, 6.45) is -4.96. The van der Waals surface area contributed by atoms with Crippen molar-refractivity contribution in [2.75, 3.05) is 24.6 Å². The van der Waals surface area contributed by atoms with Gasteiger partial charge in [0.05, 0.1) is 11.2 Å². The molecule has 2 aromatic heterocycles. The van der Waals surface area contributed by atoms with Crippen LogP contribution in [0.5, 0.6) is 11.5 Å². The quantitative estimate of drug-likeness (QED) is 0.478. The number of benzene rings is 1. The molecule has 0 amide bonds. The van der Waals surface area contributed by atoms with Crippen molar-refractivity contribution in [1.82, 2.24) is 9.55 Å². The molecule has 1 aliphatic heterocycles. The molecule has 3 aromatic rings. The van der Waals surface area contributed by atoms with Crippen LogP contribution in [0.3, 0.4) is 0 Å². The maximum absolute atomic E-state index is 12.6. The Kier molecular flexibility index (Phi) is 6.84. The number of rotatable bonds is 6. The van der Waals surface area contributed by atoms with Crippen LogP contribution in [0, 0.1) is 6.57 Å². The first-order valence-electron chi connectivity index (χ1n) is 11.0. The highest BCUT2D eigenvalue weighted by Gasteiger charge is 2.34. The Labute approximate surface area is 199 Å². The molecule has 11 heteroatoms. The van der Waals surface area contributed by atoms with Crippen LogP contribution in [-0.2, 0) is 11.8 Å². The van der Waals surface area contributed by atoms with E-state index in [0.29, 0.717) is 48.6 Å². The summed E-state index contributed by atoms with van der Waals surface area (Å²) in [5, 5.41) is 0. The number of nitrogens with zero attached hydrogens (tertiary/aromatic N) is 4. The third-order valence-corrected chi connectivity index (χ3v) is 5.73. The molecule has 0 N–H and O–H groups in total. The molecule has 1 aliphatic rings. The first-order valence-corrected chi connectivity index (χ1v) is 11.0. The molecule has 1 fully saturated rings. The van der Waals surface area contributed by atoms with E-state index in [1.807, 2.05) is 11.8 Å². The second kappa shape index (κ2) is 9.84. The van der Waals surface area contributed by atoms with E-state index >= 15 is 0 Å². The van der Waals surface area contributed by atoms with Crippen LogP contribution in [0.1, 0.15) is 13.3 Å². The molecule has 0 bridgehead atoms. The second-order valence-corrected chi connectivity index (χ2v) is 7.98. The third-order valence-electron chi connectivity index (χ3n) is 5.73. The number of halogens is 3. The molecule has 0 radical (unpaired) electrons. The zero-order valence-electron chi connectivity index (χ0n) is 19.1. The van der Waals surface area contributed by atoms with Crippen molar-refractivity contribution in [1.29, 1.82) is 0 Å². The zero-order valence-corrected chi connectivity index (χ0v) is 19.1. The number of aromatic nitrogens is 2. The van der Waals surface area contributed by atoms with Crippen LogP contribution in [-0.4, -0.2) is 47.8 Å². The molecule has 0 unspecified atom stereocenters. The van der Waals surface area contributed by atoms with E-state index in [1.54, 1.807) is 19.2 Å². The lowest BCUT2D eigenvalue weighted by atomic mass is 10.0.